The number of rotatable bonds is 7. The van der Waals surface area contributed by atoms with Crippen LogP contribution in [-0.4, -0.2) is 47.2 Å². The zero-order valence-electron chi connectivity index (χ0n) is 20.7. The quantitative estimate of drug-likeness (QED) is 0.469. The highest BCUT2D eigenvalue weighted by Crippen LogP contribution is 2.39. The van der Waals surface area contributed by atoms with Crippen molar-refractivity contribution in [3.8, 4) is 11.5 Å². The number of para-hydroxylation sites is 1. The number of hydrogen-bond acceptors (Lipinski definition) is 7. The summed E-state index contributed by atoms with van der Waals surface area (Å²) in [5.74, 6) is 1.26. The minimum atomic E-state index is -0.661. The maximum atomic E-state index is 13.6. The van der Waals surface area contributed by atoms with Crippen LogP contribution in [0.1, 0.15) is 30.5 Å². The predicted octanol–water partition coefficient (Wildman–Crippen LogP) is 5.19. The number of carbonyl (C=O) groups excluding carboxylic acids is 2. The molecule has 0 bridgehead atoms. The van der Waals surface area contributed by atoms with E-state index >= 15 is 0 Å². The molecule has 0 aromatic heterocycles. The smallest absolute Gasteiger partial charge is 0.263 e. The van der Waals surface area contributed by atoms with Crippen LogP contribution in [0, 0.1) is 0 Å². The van der Waals surface area contributed by atoms with Crippen molar-refractivity contribution in [3.63, 3.8) is 0 Å². The summed E-state index contributed by atoms with van der Waals surface area (Å²) < 4.78 is 10.7. The van der Waals surface area contributed by atoms with E-state index in [2.05, 4.69) is 5.32 Å². The number of amides is 2. The zero-order valence-corrected chi connectivity index (χ0v) is 21.5. The topological polar surface area (TPSA) is 92.6 Å². The standard InChI is InChI=1S/C28H26N4O4S/c1-4-23(26(33)29-21-15-14-18(35-2)16-22(21)36-3)37-28-30-20-13-9-8-12-19(20)25-31-24(27(34)32(25)28)17-10-6-5-7-11-17/h5-16,23-24H,4H2,1-3H3,(H,29,33)/t23-,24+/m0/s1. The van der Waals surface area contributed by atoms with Crippen LogP contribution in [0.5, 0.6) is 11.5 Å². The molecule has 0 radical (unpaired) electrons. The van der Waals surface area contributed by atoms with Crippen LogP contribution in [0.4, 0.5) is 11.4 Å². The molecule has 2 aliphatic heterocycles. The number of methoxy groups -OCH3 is 2. The van der Waals surface area contributed by atoms with Crippen molar-refractivity contribution < 1.29 is 19.1 Å². The van der Waals surface area contributed by atoms with Crippen molar-refractivity contribution in [2.75, 3.05) is 19.5 Å². The van der Waals surface area contributed by atoms with Crippen molar-refractivity contribution in [1.29, 1.82) is 0 Å². The fourth-order valence-electron chi connectivity index (χ4n) is 4.25. The Balaban J connectivity index is 1.44. The number of benzene rings is 3. The fraction of sp³-hybridized carbons (Fsp3) is 0.214. The Bertz CT molecular complexity index is 1410. The lowest BCUT2D eigenvalue weighted by molar-refractivity contribution is -0.124. The van der Waals surface area contributed by atoms with Gasteiger partial charge in [0.1, 0.15) is 17.3 Å². The second-order valence-electron chi connectivity index (χ2n) is 8.42. The molecule has 1 N–H and O–H groups in total. The van der Waals surface area contributed by atoms with Gasteiger partial charge in [-0.3, -0.25) is 9.59 Å². The summed E-state index contributed by atoms with van der Waals surface area (Å²) in [6.07, 6.45) is 0.520. The van der Waals surface area contributed by atoms with Gasteiger partial charge in [0.15, 0.2) is 11.2 Å². The van der Waals surface area contributed by atoms with E-state index in [1.54, 1.807) is 30.2 Å². The van der Waals surface area contributed by atoms with E-state index in [1.807, 2.05) is 61.5 Å². The summed E-state index contributed by atoms with van der Waals surface area (Å²) in [7, 11) is 3.10. The first-order valence-electron chi connectivity index (χ1n) is 11.9. The lowest BCUT2D eigenvalue weighted by Gasteiger charge is -2.27. The van der Waals surface area contributed by atoms with Crippen LogP contribution in [-0.2, 0) is 9.59 Å². The Morgan fingerprint density at radius 1 is 1.05 bits per heavy atom. The van der Waals surface area contributed by atoms with Gasteiger partial charge in [-0.15, -0.1) is 0 Å². The third kappa shape index (κ3) is 4.70. The molecule has 0 saturated heterocycles. The number of carbonyl (C=O) groups is 2. The summed E-state index contributed by atoms with van der Waals surface area (Å²) >= 11 is 1.25. The number of nitrogens with zero attached hydrogens (tertiary/aromatic N) is 3. The Kier molecular flexibility index (Phi) is 6.96. The highest BCUT2D eigenvalue weighted by Gasteiger charge is 2.43. The molecule has 0 fully saturated rings. The Morgan fingerprint density at radius 3 is 2.54 bits per heavy atom. The van der Waals surface area contributed by atoms with Crippen molar-refractivity contribution in [2.24, 2.45) is 9.98 Å². The van der Waals surface area contributed by atoms with Gasteiger partial charge in [-0.25, -0.2) is 14.9 Å². The molecule has 0 aliphatic carbocycles. The summed E-state index contributed by atoms with van der Waals surface area (Å²) in [6.45, 7) is 1.92. The number of amidine groups is 2. The molecule has 0 spiro atoms. The largest absolute Gasteiger partial charge is 0.497 e. The van der Waals surface area contributed by atoms with Gasteiger partial charge in [0, 0.05) is 11.6 Å². The van der Waals surface area contributed by atoms with Gasteiger partial charge in [0.2, 0.25) is 5.91 Å². The van der Waals surface area contributed by atoms with Gasteiger partial charge in [-0.1, -0.05) is 61.2 Å². The van der Waals surface area contributed by atoms with Crippen molar-refractivity contribution in [1.82, 2.24) is 4.90 Å². The van der Waals surface area contributed by atoms with Crippen LogP contribution in [0.15, 0.2) is 82.8 Å². The molecule has 3 aromatic rings. The molecule has 0 saturated carbocycles. The van der Waals surface area contributed by atoms with E-state index in [4.69, 9.17) is 19.5 Å². The lowest BCUT2D eigenvalue weighted by Crippen LogP contribution is -2.41. The lowest BCUT2D eigenvalue weighted by atomic mass is 10.1. The van der Waals surface area contributed by atoms with Crippen LogP contribution >= 0.6 is 11.8 Å². The van der Waals surface area contributed by atoms with Crippen molar-refractivity contribution in [2.45, 2.75) is 24.6 Å². The normalized spacial score (nSPS) is 16.8. The molecule has 37 heavy (non-hydrogen) atoms. The number of hydrogen-bond donors (Lipinski definition) is 1. The van der Waals surface area contributed by atoms with E-state index in [9.17, 15) is 9.59 Å². The number of aliphatic imine (C=N–C) groups is 2. The van der Waals surface area contributed by atoms with E-state index in [0.717, 1.165) is 11.1 Å². The molecule has 8 nitrogen and oxygen atoms in total. The Morgan fingerprint density at radius 2 is 1.81 bits per heavy atom. The van der Waals surface area contributed by atoms with E-state index in [1.165, 1.54) is 18.9 Å². The molecule has 2 amide bonds. The number of nitrogens with one attached hydrogen (secondary N) is 1. The summed E-state index contributed by atoms with van der Waals surface area (Å²) in [5.41, 5.74) is 2.85. The van der Waals surface area contributed by atoms with Gasteiger partial charge in [0.25, 0.3) is 5.91 Å². The molecule has 188 valence electrons. The van der Waals surface area contributed by atoms with Gasteiger partial charge in [-0.05, 0) is 36.2 Å². The predicted molar refractivity (Wildman–Crippen MR) is 146 cm³/mol. The monoisotopic (exact) mass is 514 g/mol. The Hall–Kier alpha value is -4.11. The third-order valence-electron chi connectivity index (χ3n) is 6.16. The summed E-state index contributed by atoms with van der Waals surface area (Å²) in [6, 6.07) is 21.6. The number of fused-ring (bicyclic) bond motifs is 3. The van der Waals surface area contributed by atoms with Crippen LogP contribution < -0.4 is 14.8 Å². The molecule has 3 aromatic carbocycles. The zero-order chi connectivity index (χ0) is 25.9. The van der Waals surface area contributed by atoms with E-state index in [0.29, 0.717) is 40.3 Å². The van der Waals surface area contributed by atoms with Gasteiger partial charge >= 0.3 is 0 Å². The summed E-state index contributed by atoms with van der Waals surface area (Å²) in [4.78, 5) is 38.1. The van der Waals surface area contributed by atoms with E-state index in [-0.39, 0.29) is 11.8 Å². The van der Waals surface area contributed by atoms with Gasteiger partial charge < -0.3 is 14.8 Å². The molecule has 2 aliphatic rings. The van der Waals surface area contributed by atoms with Gasteiger partial charge in [0.05, 0.1) is 30.8 Å². The highest BCUT2D eigenvalue weighted by molar-refractivity contribution is 8.15. The number of thioether (sulfide) groups is 1. The second kappa shape index (κ2) is 10.5. The molecule has 0 unspecified atom stereocenters. The summed E-state index contributed by atoms with van der Waals surface area (Å²) in [5, 5.41) is 2.87. The van der Waals surface area contributed by atoms with Crippen LogP contribution in [0.25, 0.3) is 0 Å². The second-order valence-corrected chi connectivity index (χ2v) is 9.59. The Labute approximate surface area is 219 Å². The maximum absolute atomic E-state index is 13.6. The number of ether oxygens (including phenoxy) is 2. The fourth-order valence-corrected chi connectivity index (χ4v) is 5.27. The van der Waals surface area contributed by atoms with Gasteiger partial charge in [-0.2, -0.15) is 0 Å². The van der Waals surface area contributed by atoms with Crippen LogP contribution in [0.2, 0.25) is 0 Å². The highest BCUT2D eigenvalue weighted by atomic mass is 32.2. The third-order valence-corrected chi connectivity index (χ3v) is 7.48. The van der Waals surface area contributed by atoms with E-state index < -0.39 is 11.3 Å². The molecule has 2 atom stereocenters. The minimum Gasteiger partial charge on any atom is -0.497 e. The molecule has 9 heteroatoms. The first kappa shape index (κ1) is 24.6. The van der Waals surface area contributed by atoms with Crippen molar-refractivity contribution >= 4 is 46.0 Å². The number of anilines is 1. The molecule has 2 heterocycles. The minimum absolute atomic E-state index is 0.186. The average molecular weight is 515 g/mol. The first-order valence-corrected chi connectivity index (χ1v) is 12.8. The first-order chi connectivity index (χ1) is 18.0. The van der Waals surface area contributed by atoms with Crippen LogP contribution in [0.3, 0.4) is 0 Å². The SMILES string of the molecule is CC[C@H](SC1=Nc2ccccc2C2=N[C@H](c3ccccc3)C(=O)N12)C(=O)Nc1ccc(OC)cc1OC. The van der Waals surface area contributed by atoms with Crippen molar-refractivity contribution in [3.05, 3.63) is 83.9 Å². The molecule has 5 rings (SSSR count). The molecular formula is C28H26N4O4S. The average Bonchev–Trinajstić information content (AvgIpc) is 3.29. The maximum Gasteiger partial charge on any atom is 0.263 e. The molecular weight excluding hydrogens is 488 g/mol.